The second-order valence-electron chi connectivity index (χ2n) is 9.70. The normalized spacial score (nSPS) is 24.0. The van der Waals surface area contributed by atoms with Crippen molar-refractivity contribution < 1.29 is 0 Å². The molecule has 0 bridgehead atoms. The molecule has 0 spiro atoms. The van der Waals surface area contributed by atoms with Crippen molar-refractivity contribution in [3.05, 3.63) is 16.1 Å². The number of aliphatic imine (C=N–C) groups is 1. The van der Waals surface area contributed by atoms with E-state index in [1.165, 1.54) is 88.5 Å². The molecule has 1 aromatic heterocycles. The quantitative estimate of drug-likeness (QED) is 0.304. The highest BCUT2D eigenvalue weighted by Gasteiger charge is 2.27. The molecule has 1 atom stereocenters. The summed E-state index contributed by atoms with van der Waals surface area (Å²) in [6, 6.07) is 0. The molecule has 0 amide bonds. The third kappa shape index (κ3) is 7.53. The number of hydrogen-bond acceptors (Lipinski definition) is 5. The third-order valence-electron chi connectivity index (χ3n) is 7.31. The molecule has 0 saturated carbocycles. The summed E-state index contributed by atoms with van der Waals surface area (Å²) in [5.74, 6) is 2.68. The standard InChI is InChI=1S/C24H42N6S.HI/c1-3-23-27-22(19-31-23)18-29-12-7-20(8-13-29)15-26-24(25-2)30-14-9-21(17-30)16-28-10-5-4-6-11-28;/h19-21H,3-18H2,1-2H3,(H,25,26);1H. The first-order valence-electron chi connectivity index (χ1n) is 12.6. The highest BCUT2D eigenvalue weighted by atomic mass is 127. The van der Waals surface area contributed by atoms with Crippen molar-refractivity contribution >= 4 is 41.3 Å². The molecular formula is C24H43IN6S. The molecule has 4 heterocycles. The second-order valence-corrected chi connectivity index (χ2v) is 10.6. The molecule has 4 rings (SSSR count). The number of aryl methyl sites for hydroxylation is 1. The van der Waals surface area contributed by atoms with E-state index in [0.29, 0.717) is 0 Å². The van der Waals surface area contributed by atoms with Crippen LogP contribution in [0.15, 0.2) is 10.4 Å². The van der Waals surface area contributed by atoms with Crippen molar-refractivity contribution in [1.29, 1.82) is 0 Å². The molecule has 1 N–H and O–H groups in total. The molecule has 0 aliphatic carbocycles. The fourth-order valence-electron chi connectivity index (χ4n) is 5.41. The van der Waals surface area contributed by atoms with E-state index in [-0.39, 0.29) is 24.0 Å². The van der Waals surface area contributed by atoms with Gasteiger partial charge in [-0.1, -0.05) is 13.3 Å². The van der Waals surface area contributed by atoms with Crippen LogP contribution in [0.1, 0.15) is 56.2 Å². The smallest absolute Gasteiger partial charge is 0.193 e. The number of aromatic nitrogens is 1. The van der Waals surface area contributed by atoms with Gasteiger partial charge in [0.05, 0.1) is 10.7 Å². The number of nitrogens with zero attached hydrogens (tertiary/aromatic N) is 5. The minimum atomic E-state index is 0. The zero-order valence-corrected chi connectivity index (χ0v) is 23.2. The summed E-state index contributed by atoms with van der Waals surface area (Å²) >= 11 is 1.81. The molecule has 1 unspecified atom stereocenters. The van der Waals surface area contributed by atoms with Gasteiger partial charge in [-0.2, -0.15) is 0 Å². The maximum absolute atomic E-state index is 4.74. The van der Waals surface area contributed by atoms with Crippen molar-refractivity contribution in [3.63, 3.8) is 0 Å². The van der Waals surface area contributed by atoms with Crippen LogP contribution in [-0.4, -0.2) is 85.0 Å². The van der Waals surface area contributed by atoms with Gasteiger partial charge >= 0.3 is 0 Å². The van der Waals surface area contributed by atoms with Crippen molar-refractivity contribution in [2.75, 3.05) is 59.4 Å². The molecular weight excluding hydrogens is 531 g/mol. The molecule has 8 heteroatoms. The van der Waals surface area contributed by atoms with Gasteiger partial charge in [0.2, 0.25) is 0 Å². The lowest BCUT2D eigenvalue weighted by Gasteiger charge is -2.32. The summed E-state index contributed by atoms with van der Waals surface area (Å²) in [7, 11) is 1.95. The fourth-order valence-corrected chi connectivity index (χ4v) is 6.15. The lowest BCUT2D eigenvalue weighted by Crippen LogP contribution is -2.44. The summed E-state index contributed by atoms with van der Waals surface area (Å²) in [6.45, 7) is 12.9. The van der Waals surface area contributed by atoms with E-state index >= 15 is 0 Å². The largest absolute Gasteiger partial charge is 0.356 e. The first-order chi connectivity index (χ1) is 15.2. The van der Waals surface area contributed by atoms with Gasteiger partial charge in [-0.15, -0.1) is 35.3 Å². The maximum atomic E-state index is 4.74. The number of piperidine rings is 2. The Labute approximate surface area is 216 Å². The summed E-state index contributed by atoms with van der Waals surface area (Å²) in [5, 5.41) is 7.22. The van der Waals surface area contributed by atoms with Gasteiger partial charge in [0.25, 0.3) is 0 Å². The van der Waals surface area contributed by atoms with Crippen LogP contribution in [0.25, 0.3) is 0 Å². The first kappa shape index (κ1) is 26.2. The number of rotatable bonds is 7. The zero-order chi connectivity index (χ0) is 21.5. The van der Waals surface area contributed by atoms with E-state index in [2.05, 4.69) is 37.3 Å². The molecule has 3 fully saturated rings. The third-order valence-corrected chi connectivity index (χ3v) is 8.35. The summed E-state index contributed by atoms with van der Waals surface area (Å²) in [4.78, 5) is 17.1. The van der Waals surface area contributed by atoms with Gasteiger partial charge < -0.3 is 15.1 Å². The van der Waals surface area contributed by atoms with Gasteiger partial charge in [-0.25, -0.2) is 4.98 Å². The Morgan fingerprint density at radius 3 is 2.50 bits per heavy atom. The lowest BCUT2D eigenvalue weighted by molar-refractivity contribution is 0.176. The molecule has 182 valence electrons. The Kier molecular flexibility index (Phi) is 11.0. The Bertz CT molecular complexity index is 696. The monoisotopic (exact) mass is 574 g/mol. The van der Waals surface area contributed by atoms with Gasteiger partial charge in [-0.05, 0) is 76.5 Å². The van der Waals surface area contributed by atoms with Gasteiger partial charge in [-0.3, -0.25) is 9.89 Å². The average molecular weight is 575 g/mol. The van der Waals surface area contributed by atoms with Crippen LogP contribution in [0.3, 0.4) is 0 Å². The van der Waals surface area contributed by atoms with Gasteiger partial charge in [0.1, 0.15) is 0 Å². The molecule has 0 aromatic carbocycles. The van der Waals surface area contributed by atoms with Crippen LogP contribution in [0.5, 0.6) is 0 Å². The van der Waals surface area contributed by atoms with Crippen LogP contribution in [0.2, 0.25) is 0 Å². The Hall–Kier alpha value is -0.450. The Morgan fingerprint density at radius 2 is 1.81 bits per heavy atom. The van der Waals surface area contributed by atoms with Gasteiger partial charge in [0.15, 0.2) is 5.96 Å². The van der Waals surface area contributed by atoms with E-state index < -0.39 is 0 Å². The van der Waals surface area contributed by atoms with Crippen molar-refractivity contribution in [2.45, 2.75) is 58.4 Å². The molecule has 6 nitrogen and oxygen atoms in total. The second kappa shape index (κ2) is 13.4. The van der Waals surface area contributed by atoms with Crippen LogP contribution < -0.4 is 5.32 Å². The number of halogens is 1. The predicted octanol–water partition coefficient (Wildman–Crippen LogP) is 3.92. The molecule has 32 heavy (non-hydrogen) atoms. The van der Waals surface area contributed by atoms with E-state index in [0.717, 1.165) is 43.9 Å². The fraction of sp³-hybridized carbons (Fsp3) is 0.833. The minimum Gasteiger partial charge on any atom is -0.356 e. The van der Waals surface area contributed by atoms with E-state index in [4.69, 9.17) is 4.98 Å². The van der Waals surface area contributed by atoms with E-state index in [9.17, 15) is 0 Å². The van der Waals surface area contributed by atoms with Gasteiger partial charge in [0, 0.05) is 45.2 Å². The Morgan fingerprint density at radius 1 is 1.06 bits per heavy atom. The summed E-state index contributed by atoms with van der Waals surface area (Å²) < 4.78 is 0. The van der Waals surface area contributed by atoms with Crippen LogP contribution in [-0.2, 0) is 13.0 Å². The van der Waals surface area contributed by atoms with Crippen molar-refractivity contribution in [2.24, 2.45) is 16.8 Å². The molecule has 3 saturated heterocycles. The number of guanidine groups is 1. The molecule has 3 aliphatic rings. The lowest BCUT2D eigenvalue weighted by atomic mass is 9.97. The van der Waals surface area contributed by atoms with E-state index in [1.807, 2.05) is 7.05 Å². The first-order valence-corrected chi connectivity index (χ1v) is 13.4. The number of hydrogen-bond donors (Lipinski definition) is 1. The molecule has 0 radical (unpaired) electrons. The van der Waals surface area contributed by atoms with Crippen molar-refractivity contribution in [1.82, 2.24) is 25.0 Å². The number of nitrogens with one attached hydrogen (secondary N) is 1. The molecule has 3 aliphatic heterocycles. The zero-order valence-electron chi connectivity index (χ0n) is 20.1. The maximum Gasteiger partial charge on any atom is 0.193 e. The van der Waals surface area contributed by atoms with Crippen molar-refractivity contribution in [3.8, 4) is 0 Å². The Balaban J connectivity index is 0.00000289. The topological polar surface area (TPSA) is 47.0 Å². The number of thiazole rings is 1. The minimum absolute atomic E-state index is 0. The highest BCUT2D eigenvalue weighted by Crippen LogP contribution is 2.22. The molecule has 1 aromatic rings. The SMILES string of the molecule is CCc1nc(CN2CCC(CNC(=NC)N3CCC(CN4CCCCC4)C3)CC2)cs1.I. The van der Waals surface area contributed by atoms with E-state index in [1.54, 1.807) is 11.3 Å². The van der Waals surface area contributed by atoms with Crippen LogP contribution >= 0.6 is 35.3 Å². The summed E-state index contributed by atoms with van der Waals surface area (Å²) in [6.07, 6.45) is 9.11. The highest BCUT2D eigenvalue weighted by molar-refractivity contribution is 14.0. The predicted molar refractivity (Wildman–Crippen MR) is 146 cm³/mol. The number of likely N-dealkylation sites (tertiary alicyclic amines) is 3. The van der Waals surface area contributed by atoms with Crippen LogP contribution in [0.4, 0.5) is 0 Å². The average Bonchev–Trinajstić information content (AvgIpc) is 3.46. The van der Waals surface area contributed by atoms with Crippen LogP contribution in [0, 0.1) is 11.8 Å². The summed E-state index contributed by atoms with van der Waals surface area (Å²) in [5.41, 5.74) is 1.26.